The Morgan fingerprint density at radius 3 is 2.26 bits per heavy atom. The lowest BCUT2D eigenvalue weighted by Gasteiger charge is -2.34. The van der Waals surface area contributed by atoms with Crippen LogP contribution in [0.2, 0.25) is 0 Å². The number of hydrogen-bond donors (Lipinski definition) is 1. The predicted octanol–water partition coefficient (Wildman–Crippen LogP) is -0.350. The first-order valence-corrected chi connectivity index (χ1v) is 8.99. The van der Waals surface area contributed by atoms with Gasteiger partial charge in [-0.1, -0.05) is 42.5 Å². The summed E-state index contributed by atoms with van der Waals surface area (Å²) in [6, 6.07) is 17.5. The summed E-state index contributed by atoms with van der Waals surface area (Å²) in [4.78, 5) is 28.3. The third kappa shape index (κ3) is 6.47. The van der Waals surface area contributed by atoms with Crippen molar-refractivity contribution in [2.75, 3.05) is 38.0 Å². The Hall–Kier alpha value is -2.21. The number of rotatable bonds is 6. The van der Waals surface area contributed by atoms with Crippen LogP contribution in [0.25, 0.3) is 0 Å². The molecule has 2 aromatic carbocycles. The zero-order valence-corrected chi connectivity index (χ0v) is 16.3. The zero-order chi connectivity index (χ0) is 18.4. The Morgan fingerprint density at radius 1 is 0.926 bits per heavy atom. The van der Waals surface area contributed by atoms with Gasteiger partial charge in [-0.05, 0) is 24.6 Å². The molecule has 3 rings (SSSR count). The van der Waals surface area contributed by atoms with Crippen molar-refractivity contribution >= 4 is 17.4 Å². The van der Waals surface area contributed by atoms with Crippen LogP contribution in [-0.2, 0) is 11.3 Å². The number of amides is 1. The number of hydrogen-bond acceptors (Lipinski definition) is 4. The lowest BCUT2D eigenvalue weighted by Crippen LogP contribution is -3.00. The molecule has 0 aliphatic carbocycles. The van der Waals surface area contributed by atoms with Crippen LogP contribution in [0.4, 0.5) is 5.69 Å². The molecule has 0 atom stereocenters. The number of nitrogens with one attached hydrogen (secondary N) is 1. The average molecular weight is 387 g/mol. The molecule has 1 fully saturated rings. The molecular weight excluding hydrogens is 362 g/mol. The van der Waals surface area contributed by atoms with E-state index in [0.29, 0.717) is 17.8 Å². The Morgan fingerprint density at radius 2 is 1.59 bits per heavy atom. The van der Waals surface area contributed by atoms with Crippen LogP contribution in [0.15, 0.2) is 54.6 Å². The first-order valence-electron chi connectivity index (χ1n) is 8.99. The highest BCUT2D eigenvalue weighted by atomic mass is 35.5. The van der Waals surface area contributed by atoms with Crippen molar-refractivity contribution in [3.8, 4) is 0 Å². The molecule has 27 heavy (non-hydrogen) atoms. The van der Waals surface area contributed by atoms with Gasteiger partial charge in [-0.25, -0.2) is 0 Å². The molecule has 0 spiro atoms. The quantitative estimate of drug-likeness (QED) is 0.689. The molecule has 144 valence electrons. The second kappa shape index (κ2) is 10.2. The number of ketones is 1. The van der Waals surface area contributed by atoms with E-state index in [0.717, 1.165) is 32.7 Å². The first kappa shape index (κ1) is 21.1. The topological polar surface area (TPSA) is 52.7 Å². The maximum atomic E-state index is 12.3. The summed E-state index contributed by atoms with van der Waals surface area (Å²) < 4.78 is 0. The normalized spacial score (nSPS) is 15.0. The van der Waals surface area contributed by atoms with Gasteiger partial charge in [-0.15, -0.1) is 0 Å². The molecule has 1 amide bonds. The Balaban J connectivity index is 0.00000261. The maximum absolute atomic E-state index is 12.3. The largest absolute Gasteiger partial charge is 1.00 e. The molecule has 1 N–H and O–H groups in total. The number of piperazine rings is 1. The number of benzene rings is 2. The lowest BCUT2D eigenvalue weighted by atomic mass is 10.1. The van der Waals surface area contributed by atoms with Gasteiger partial charge in [0.25, 0.3) is 0 Å². The van der Waals surface area contributed by atoms with Crippen molar-refractivity contribution in [2.24, 2.45) is 0 Å². The monoisotopic (exact) mass is 386 g/mol. The molecule has 1 aliphatic heterocycles. The number of Topliss-reactive ketones (excluding diaryl/α,β-unsaturated/α-hetero) is 1. The summed E-state index contributed by atoms with van der Waals surface area (Å²) in [7, 11) is 0. The first-order chi connectivity index (χ1) is 12.6. The van der Waals surface area contributed by atoms with Gasteiger partial charge < -0.3 is 17.7 Å². The molecular formula is C21H25ClN3O2-. The van der Waals surface area contributed by atoms with Crippen LogP contribution in [0.1, 0.15) is 22.8 Å². The summed E-state index contributed by atoms with van der Waals surface area (Å²) in [5, 5.41) is 2.89. The summed E-state index contributed by atoms with van der Waals surface area (Å²) in [6.07, 6.45) is 0. The van der Waals surface area contributed by atoms with E-state index in [1.165, 1.54) is 12.5 Å². The minimum atomic E-state index is -0.0396. The van der Waals surface area contributed by atoms with E-state index >= 15 is 0 Å². The van der Waals surface area contributed by atoms with E-state index in [1.807, 2.05) is 12.1 Å². The van der Waals surface area contributed by atoms with Gasteiger partial charge in [-0.3, -0.25) is 19.4 Å². The molecule has 2 aromatic rings. The molecule has 5 nitrogen and oxygen atoms in total. The highest BCUT2D eigenvalue weighted by Gasteiger charge is 2.19. The summed E-state index contributed by atoms with van der Waals surface area (Å²) in [5.41, 5.74) is 2.60. The minimum Gasteiger partial charge on any atom is -1.00 e. The predicted molar refractivity (Wildman–Crippen MR) is 103 cm³/mol. The highest BCUT2D eigenvalue weighted by Crippen LogP contribution is 2.12. The fourth-order valence-corrected chi connectivity index (χ4v) is 3.17. The Bertz CT molecular complexity index is 759. The van der Waals surface area contributed by atoms with Crippen molar-refractivity contribution in [3.63, 3.8) is 0 Å². The third-order valence-electron chi connectivity index (χ3n) is 4.63. The van der Waals surface area contributed by atoms with E-state index in [1.54, 1.807) is 18.2 Å². The van der Waals surface area contributed by atoms with Gasteiger partial charge in [0.05, 0.1) is 6.54 Å². The van der Waals surface area contributed by atoms with E-state index < -0.39 is 0 Å². The summed E-state index contributed by atoms with van der Waals surface area (Å²) >= 11 is 0. The van der Waals surface area contributed by atoms with Crippen LogP contribution < -0.4 is 17.7 Å². The molecule has 1 saturated heterocycles. The number of carbonyl (C=O) groups excluding carboxylic acids is 2. The SMILES string of the molecule is CC(=O)c1cccc(NC(=O)CN2CCN(Cc3ccccc3)CC2)c1.[Cl-]. The van der Waals surface area contributed by atoms with Gasteiger partial charge in [0.1, 0.15) is 0 Å². The van der Waals surface area contributed by atoms with Crippen molar-refractivity contribution in [3.05, 3.63) is 65.7 Å². The van der Waals surface area contributed by atoms with Crippen molar-refractivity contribution in [2.45, 2.75) is 13.5 Å². The Kier molecular flexibility index (Phi) is 7.98. The van der Waals surface area contributed by atoms with Gasteiger partial charge in [0, 0.05) is 44.0 Å². The molecule has 6 heteroatoms. The van der Waals surface area contributed by atoms with E-state index in [2.05, 4.69) is 39.4 Å². The van der Waals surface area contributed by atoms with Crippen LogP contribution in [0.3, 0.4) is 0 Å². The molecule has 1 heterocycles. The van der Waals surface area contributed by atoms with E-state index in [4.69, 9.17) is 0 Å². The molecule has 0 radical (unpaired) electrons. The summed E-state index contributed by atoms with van der Waals surface area (Å²) in [6.45, 7) is 6.55. The van der Waals surface area contributed by atoms with Gasteiger partial charge in [0.2, 0.25) is 5.91 Å². The van der Waals surface area contributed by atoms with E-state index in [9.17, 15) is 9.59 Å². The lowest BCUT2D eigenvalue weighted by molar-refractivity contribution is -0.117. The number of nitrogens with zero attached hydrogens (tertiary/aromatic N) is 2. The van der Waals surface area contributed by atoms with Crippen molar-refractivity contribution in [1.29, 1.82) is 0 Å². The van der Waals surface area contributed by atoms with Crippen LogP contribution in [0, 0.1) is 0 Å². The van der Waals surface area contributed by atoms with Crippen LogP contribution >= 0.6 is 0 Å². The fraction of sp³-hybridized carbons (Fsp3) is 0.333. The van der Waals surface area contributed by atoms with Gasteiger partial charge in [-0.2, -0.15) is 0 Å². The highest BCUT2D eigenvalue weighted by molar-refractivity contribution is 5.97. The molecule has 1 aliphatic rings. The second-order valence-corrected chi connectivity index (χ2v) is 6.72. The van der Waals surface area contributed by atoms with E-state index in [-0.39, 0.29) is 24.1 Å². The molecule has 0 bridgehead atoms. The smallest absolute Gasteiger partial charge is 0.238 e. The van der Waals surface area contributed by atoms with Crippen molar-refractivity contribution < 1.29 is 22.0 Å². The molecule has 0 unspecified atom stereocenters. The molecule has 0 aromatic heterocycles. The average Bonchev–Trinajstić information content (AvgIpc) is 2.64. The van der Waals surface area contributed by atoms with Gasteiger partial charge >= 0.3 is 0 Å². The number of halogens is 1. The van der Waals surface area contributed by atoms with Crippen LogP contribution in [0.5, 0.6) is 0 Å². The zero-order valence-electron chi connectivity index (χ0n) is 15.5. The minimum absolute atomic E-state index is 0. The standard InChI is InChI=1S/C21H25N3O2.ClH/c1-17(25)19-8-5-9-20(14-19)22-21(26)16-24-12-10-23(11-13-24)15-18-6-3-2-4-7-18;/h2-9,14H,10-13,15-16H2,1H3,(H,22,26);1H/p-1. The Labute approximate surface area is 166 Å². The second-order valence-electron chi connectivity index (χ2n) is 6.72. The maximum Gasteiger partial charge on any atom is 0.238 e. The number of anilines is 1. The fourth-order valence-electron chi connectivity index (χ4n) is 3.17. The molecule has 0 saturated carbocycles. The third-order valence-corrected chi connectivity index (χ3v) is 4.63. The van der Waals surface area contributed by atoms with Crippen LogP contribution in [-0.4, -0.2) is 54.2 Å². The summed E-state index contributed by atoms with van der Waals surface area (Å²) in [5.74, 6) is -0.0437. The van der Waals surface area contributed by atoms with Gasteiger partial charge in [0.15, 0.2) is 5.78 Å². The van der Waals surface area contributed by atoms with Crippen molar-refractivity contribution in [1.82, 2.24) is 9.80 Å². The number of carbonyl (C=O) groups is 2.